The molecule has 1 aliphatic heterocycles. The minimum atomic E-state index is 0.246. The fourth-order valence-electron chi connectivity index (χ4n) is 2.75. The monoisotopic (exact) mass is 277 g/mol. The molecule has 0 aromatic heterocycles. The maximum atomic E-state index is 6.04. The maximum Gasteiger partial charge on any atom is 0.125 e. The second-order valence-corrected chi connectivity index (χ2v) is 5.97. The van der Waals surface area contributed by atoms with Gasteiger partial charge in [0.25, 0.3) is 0 Å². The van der Waals surface area contributed by atoms with Gasteiger partial charge in [-0.05, 0) is 49.8 Å². The van der Waals surface area contributed by atoms with Crippen molar-refractivity contribution in [2.24, 2.45) is 11.7 Å². The van der Waals surface area contributed by atoms with Crippen LogP contribution in [0.5, 0.6) is 5.75 Å². The maximum absolute atomic E-state index is 6.04. The molecule has 1 aromatic rings. The average Bonchev–Trinajstić information content (AvgIpc) is 2.90. The van der Waals surface area contributed by atoms with E-state index in [0.29, 0.717) is 5.92 Å². The summed E-state index contributed by atoms with van der Waals surface area (Å²) in [5, 5.41) is 0. The molecule has 3 nitrogen and oxygen atoms in total. The summed E-state index contributed by atoms with van der Waals surface area (Å²) in [4.78, 5) is 0. The van der Waals surface area contributed by atoms with Crippen LogP contribution >= 0.6 is 0 Å². The molecule has 112 valence electrons. The number of aryl methyl sites for hydroxylation is 2. The third-order valence-electron chi connectivity index (χ3n) is 4.03. The molecule has 2 atom stereocenters. The predicted octanol–water partition coefficient (Wildman–Crippen LogP) is 3.00. The van der Waals surface area contributed by atoms with E-state index in [-0.39, 0.29) is 6.04 Å². The van der Waals surface area contributed by atoms with E-state index in [9.17, 15) is 0 Å². The quantitative estimate of drug-likeness (QED) is 0.869. The molecule has 1 heterocycles. The van der Waals surface area contributed by atoms with Gasteiger partial charge in [-0.1, -0.05) is 19.1 Å². The Bertz CT molecular complexity index is 416. The van der Waals surface area contributed by atoms with Crippen LogP contribution in [0.1, 0.15) is 36.5 Å². The van der Waals surface area contributed by atoms with Crippen LogP contribution in [-0.2, 0) is 11.2 Å². The van der Waals surface area contributed by atoms with Gasteiger partial charge in [0.1, 0.15) is 5.75 Å². The molecule has 0 bridgehead atoms. The van der Waals surface area contributed by atoms with E-state index in [4.69, 9.17) is 15.2 Å². The van der Waals surface area contributed by atoms with E-state index >= 15 is 0 Å². The molecule has 1 fully saturated rings. The van der Waals surface area contributed by atoms with Crippen LogP contribution in [0, 0.1) is 19.8 Å². The summed E-state index contributed by atoms with van der Waals surface area (Å²) in [5.41, 5.74) is 9.77. The van der Waals surface area contributed by atoms with E-state index in [1.807, 2.05) is 0 Å². The average molecular weight is 277 g/mol. The van der Waals surface area contributed by atoms with Crippen molar-refractivity contribution < 1.29 is 9.47 Å². The van der Waals surface area contributed by atoms with Crippen LogP contribution < -0.4 is 10.5 Å². The standard InChI is InChI=1S/C17H27NO2/c1-4-16(18)9-15-7-12(2)17(13(3)8-15)20-11-14-5-6-19-10-14/h7-8,14,16H,4-6,9-11,18H2,1-3H3. The van der Waals surface area contributed by atoms with Crippen LogP contribution in [0.2, 0.25) is 0 Å². The lowest BCUT2D eigenvalue weighted by Gasteiger charge is -2.17. The second-order valence-electron chi connectivity index (χ2n) is 5.97. The molecule has 2 rings (SSSR count). The molecule has 1 aromatic carbocycles. The predicted molar refractivity (Wildman–Crippen MR) is 82.3 cm³/mol. The largest absolute Gasteiger partial charge is 0.493 e. The summed E-state index contributed by atoms with van der Waals surface area (Å²) < 4.78 is 11.4. The molecular weight excluding hydrogens is 250 g/mol. The Hall–Kier alpha value is -1.06. The van der Waals surface area contributed by atoms with Crippen molar-refractivity contribution in [3.8, 4) is 5.75 Å². The Kier molecular flexibility index (Phi) is 5.44. The fraction of sp³-hybridized carbons (Fsp3) is 0.647. The Morgan fingerprint density at radius 1 is 1.35 bits per heavy atom. The molecule has 0 radical (unpaired) electrons. The number of ether oxygens (including phenoxy) is 2. The number of rotatable bonds is 6. The summed E-state index contributed by atoms with van der Waals surface area (Å²) >= 11 is 0. The number of nitrogens with two attached hydrogens (primary N) is 1. The summed E-state index contributed by atoms with van der Waals surface area (Å²) in [6, 6.07) is 4.67. The van der Waals surface area contributed by atoms with Gasteiger partial charge in [0.2, 0.25) is 0 Å². The molecular formula is C17H27NO2. The zero-order valence-corrected chi connectivity index (χ0v) is 12.9. The molecule has 1 aliphatic rings. The second kappa shape index (κ2) is 7.09. The first-order chi connectivity index (χ1) is 9.60. The SMILES string of the molecule is CCC(N)Cc1cc(C)c(OCC2CCOC2)c(C)c1. The number of hydrogen-bond acceptors (Lipinski definition) is 3. The first kappa shape index (κ1) is 15.3. The Morgan fingerprint density at radius 3 is 2.60 bits per heavy atom. The van der Waals surface area contributed by atoms with E-state index in [1.165, 1.54) is 16.7 Å². The van der Waals surface area contributed by atoms with Crippen molar-refractivity contribution in [2.45, 2.75) is 46.1 Å². The van der Waals surface area contributed by atoms with Crippen LogP contribution in [-0.4, -0.2) is 25.9 Å². The van der Waals surface area contributed by atoms with Gasteiger partial charge in [0.15, 0.2) is 0 Å². The third-order valence-corrected chi connectivity index (χ3v) is 4.03. The summed E-state index contributed by atoms with van der Waals surface area (Å²) in [6.45, 7) is 8.84. The third kappa shape index (κ3) is 3.97. The smallest absolute Gasteiger partial charge is 0.125 e. The van der Waals surface area contributed by atoms with Gasteiger partial charge in [-0.3, -0.25) is 0 Å². The van der Waals surface area contributed by atoms with Crippen molar-refractivity contribution in [3.63, 3.8) is 0 Å². The fourth-order valence-corrected chi connectivity index (χ4v) is 2.75. The highest BCUT2D eigenvalue weighted by molar-refractivity contribution is 5.43. The minimum Gasteiger partial charge on any atom is -0.493 e. The number of benzene rings is 1. The van der Waals surface area contributed by atoms with E-state index in [2.05, 4.69) is 32.9 Å². The lowest BCUT2D eigenvalue weighted by atomic mass is 9.99. The molecule has 1 saturated heterocycles. The molecule has 2 unspecified atom stereocenters. The van der Waals surface area contributed by atoms with Crippen molar-refractivity contribution in [1.29, 1.82) is 0 Å². The normalized spacial score (nSPS) is 20.1. The zero-order chi connectivity index (χ0) is 14.5. The lowest BCUT2D eigenvalue weighted by molar-refractivity contribution is 0.166. The van der Waals surface area contributed by atoms with Gasteiger partial charge in [-0.2, -0.15) is 0 Å². The first-order valence-corrected chi connectivity index (χ1v) is 7.66. The minimum absolute atomic E-state index is 0.246. The van der Waals surface area contributed by atoms with Gasteiger partial charge < -0.3 is 15.2 Å². The van der Waals surface area contributed by atoms with Gasteiger partial charge in [0.05, 0.1) is 13.2 Å². The van der Waals surface area contributed by atoms with Crippen LogP contribution in [0.15, 0.2) is 12.1 Å². The molecule has 0 spiro atoms. The molecule has 2 N–H and O–H groups in total. The van der Waals surface area contributed by atoms with Crippen LogP contribution in [0.25, 0.3) is 0 Å². The zero-order valence-electron chi connectivity index (χ0n) is 12.9. The van der Waals surface area contributed by atoms with Gasteiger partial charge in [0, 0.05) is 18.6 Å². The summed E-state index contributed by atoms with van der Waals surface area (Å²) in [6.07, 6.45) is 3.06. The van der Waals surface area contributed by atoms with Crippen molar-refractivity contribution in [3.05, 3.63) is 28.8 Å². The Labute approximate surface area is 122 Å². The van der Waals surface area contributed by atoms with E-state index in [1.54, 1.807) is 0 Å². The number of hydrogen-bond donors (Lipinski definition) is 1. The Balaban J connectivity index is 2.01. The first-order valence-electron chi connectivity index (χ1n) is 7.66. The molecule has 20 heavy (non-hydrogen) atoms. The van der Waals surface area contributed by atoms with E-state index < -0.39 is 0 Å². The van der Waals surface area contributed by atoms with Gasteiger partial charge in [-0.25, -0.2) is 0 Å². The van der Waals surface area contributed by atoms with Gasteiger partial charge in [-0.15, -0.1) is 0 Å². The van der Waals surface area contributed by atoms with Gasteiger partial charge >= 0.3 is 0 Å². The molecule has 0 amide bonds. The summed E-state index contributed by atoms with van der Waals surface area (Å²) in [7, 11) is 0. The van der Waals surface area contributed by atoms with Crippen molar-refractivity contribution >= 4 is 0 Å². The van der Waals surface area contributed by atoms with Crippen LogP contribution in [0.3, 0.4) is 0 Å². The van der Waals surface area contributed by atoms with Crippen molar-refractivity contribution in [1.82, 2.24) is 0 Å². The lowest BCUT2D eigenvalue weighted by Crippen LogP contribution is -2.21. The highest BCUT2D eigenvalue weighted by Gasteiger charge is 2.17. The topological polar surface area (TPSA) is 44.5 Å². The highest BCUT2D eigenvalue weighted by Crippen LogP contribution is 2.27. The van der Waals surface area contributed by atoms with Crippen molar-refractivity contribution in [2.75, 3.05) is 19.8 Å². The highest BCUT2D eigenvalue weighted by atomic mass is 16.5. The molecule has 0 aliphatic carbocycles. The molecule has 3 heteroatoms. The van der Waals surface area contributed by atoms with E-state index in [0.717, 1.165) is 44.8 Å². The molecule has 0 saturated carbocycles. The Morgan fingerprint density at radius 2 is 2.05 bits per heavy atom. The van der Waals surface area contributed by atoms with Crippen LogP contribution in [0.4, 0.5) is 0 Å². The summed E-state index contributed by atoms with van der Waals surface area (Å²) in [5.74, 6) is 1.58.